The number of rotatable bonds is 1. The molecule has 0 saturated carbocycles. The minimum absolute atomic E-state index is 0.0164. The van der Waals surface area contributed by atoms with E-state index in [1.54, 1.807) is 11.8 Å². The van der Waals surface area contributed by atoms with Crippen molar-refractivity contribution < 1.29 is 14.1 Å². The second-order valence-corrected chi connectivity index (χ2v) is 2.98. The van der Waals surface area contributed by atoms with Crippen molar-refractivity contribution in [1.82, 2.24) is 4.90 Å². The van der Waals surface area contributed by atoms with Gasteiger partial charge in [0.25, 0.3) is 0 Å². The van der Waals surface area contributed by atoms with Gasteiger partial charge in [0.2, 0.25) is 5.91 Å². The summed E-state index contributed by atoms with van der Waals surface area (Å²) in [5.41, 5.74) is 0. The molecule has 1 fully saturated rings. The highest BCUT2D eigenvalue weighted by molar-refractivity contribution is 7.74. The zero-order valence-corrected chi connectivity index (χ0v) is 8.75. The number of hydrogen-bond acceptors (Lipinski definition) is 4. The summed E-state index contributed by atoms with van der Waals surface area (Å²) in [4.78, 5) is 23.6. The van der Waals surface area contributed by atoms with Crippen LogP contribution in [0.5, 0.6) is 0 Å². The zero-order chi connectivity index (χ0) is 10.4. The van der Waals surface area contributed by atoms with Gasteiger partial charge in [-0.2, -0.15) is 0 Å². The smallest absolute Gasteiger partial charge is 0.220 e. The second-order valence-electron chi connectivity index (χ2n) is 2.98. The molecule has 1 aliphatic rings. The molecule has 1 unspecified atom stereocenters. The molecule has 0 aromatic heterocycles. The Morgan fingerprint density at radius 1 is 1.38 bits per heavy atom. The Bertz CT molecular complexity index is 176. The van der Waals surface area contributed by atoms with E-state index in [2.05, 4.69) is 12.9 Å². The number of nitrogens with zero attached hydrogens (tertiary/aromatic N) is 1. The summed E-state index contributed by atoms with van der Waals surface area (Å²) in [6.07, 6.45) is 1.80. The van der Waals surface area contributed by atoms with Gasteiger partial charge in [-0.15, -0.1) is 0 Å². The molecule has 1 heterocycles. The molecule has 1 saturated heterocycles. The van der Waals surface area contributed by atoms with Crippen LogP contribution in [0, 0.1) is 0 Å². The van der Waals surface area contributed by atoms with Gasteiger partial charge < -0.3 is 9.45 Å². The number of likely N-dealkylation sites (tertiary alicyclic amines) is 1. The molecule has 4 nitrogen and oxygen atoms in total. The van der Waals surface area contributed by atoms with Crippen LogP contribution in [-0.2, 0) is 9.59 Å². The third-order valence-corrected chi connectivity index (χ3v) is 2.13. The SMILES string of the molecule is CC(=O)C1CCCN1C(C)=O.OS. The number of carbonyl (C=O) groups is 2. The van der Waals surface area contributed by atoms with Crippen LogP contribution in [-0.4, -0.2) is 33.7 Å². The summed E-state index contributed by atoms with van der Waals surface area (Å²) < 4.78 is 6.69. The van der Waals surface area contributed by atoms with Gasteiger partial charge in [0.1, 0.15) is 0 Å². The van der Waals surface area contributed by atoms with Crippen LogP contribution in [0.4, 0.5) is 0 Å². The summed E-state index contributed by atoms with van der Waals surface area (Å²) >= 11 is 2.53. The Morgan fingerprint density at radius 3 is 2.23 bits per heavy atom. The lowest BCUT2D eigenvalue weighted by Crippen LogP contribution is -2.37. The van der Waals surface area contributed by atoms with E-state index in [0.29, 0.717) is 0 Å². The Morgan fingerprint density at radius 2 is 1.92 bits per heavy atom. The number of amides is 1. The molecule has 0 aromatic carbocycles. The van der Waals surface area contributed by atoms with E-state index in [1.807, 2.05) is 0 Å². The lowest BCUT2D eigenvalue weighted by Gasteiger charge is -2.20. The van der Waals surface area contributed by atoms with Gasteiger partial charge in [-0.25, -0.2) is 0 Å². The molecule has 0 bridgehead atoms. The van der Waals surface area contributed by atoms with Crippen molar-refractivity contribution in [3.63, 3.8) is 0 Å². The first-order valence-electron chi connectivity index (χ1n) is 4.10. The fourth-order valence-electron chi connectivity index (χ4n) is 1.57. The summed E-state index contributed by atoms with van der Waals surface area (Å²) in [5, 5.41) is 0. The van der Waals surface area contributed by atoms with Crippen LogP contribution in [0.25, 0.3) is 0 Å². The zero-order valence-electron chi connectivity index (χ0n) is 7.86. The first-order valence-corrected chi connectivity index (χ1v) is 4.50. The molecule has 0 aliphatic carbocycles. The molecular formula is C8H15NO3S. The minimum Gasteiger partial charge on any atom is -0.333 e. The predicted octanol–water partition coefficient (Wildman–Crippen LogP) is 0.975. The van der Waals surface area contributed by atoms with Crippen molar-refractivity contribution in [1.29, 1.82) is 0 Å². The van der Waals surface area contributed by atoms with E-state index in [-0.39, 0.29) is 17.7 Å². The van der Waals surface area contributed by atoms with E-state index in [1.165, 1.54) is 6.92 Å². The number of hydrogen-bond donors (Lipinski definition) is 2. The Labute approximate surface area is 83.5 Å². The topological polar surface area (TPSA) is 57.6 Å². The lowest BCUT2D eigenvalue weighted by molar-refractivity contribution is -0.135. The molecule has 5 heteroatoms. The maximum absolute atomic E-state index is 11.0. The predicted molar refractivity (Wildman–Crippen MR) is 52.7 cm³/mol. The highest BCUT2D eigenvalue weighted by Crippen LogP contribution is 2.17. The fraction of sp³-hybridized carbons (Fsp3) is 0.750. The van der Waals surface area contributed by atoms with Gasteiger partial charge in [-0.05, 0) is 32.7 Å². The maximum Gasteiger partial charge on any atom is 0.220 e. The lowest BCUT2D eigenvalue weighted by atomic mass is 10.1. The van der Waals surface area contributed by atoms with Crippen LogP contribution < -0.4 is 0 Å². The van der Waals surface area contributed by atoms with Crippen LogP contribution in [0.1, 0.15) is 26.7 Å². The Balaban J connectivity index is 0.000000671. The van der Waals surface area contributed by atoms with Crippen molar-refractivity contribution in [2.45, 2.75) is 32.7 Å². The third kappa shape index (κ3) is 3.36. The molecular weight excluding hydrogens is 190 g/mol. The standard InChI is InChI=1S/C8H13NO2.H2OS/c1-6(10)8-4-3-5-9(8)7(2)11;1-2/h8H,3-5H2,1-2H3;1-2H. The molecule has 13 heavy (non-hydrogen) atoms. The quantitative estimate of drug-likeness (QED) is 0.495. The number of carbonyl (C=O) groups excluding carboxylic acids is 2. The van der Waals surface area contributed by atoms with E-state index >= 15 is 0 Å². The molecule has 1 atom stereocenters. The number of Topliss-reactive ketones (excluding diaryl/α,β-unsaturated/α-hetero) is 1. The monoisotopic (exact) mass is 205 g/mol. The first-order chi connectivity index (χ1) is 6.13. The second kappa shape index (κ2) is 5.99. The summed E-state index contributed by atoms with van der Waals surface area (Å²) in [6, 6.07) is -0.132. The van der Waals surface area contributed by atoms with Crippen LogP contribution in [0.15, 0.2) is 0 Å². The Kier molecular flexibility index (Phi) is 5.73. The average Bonchev–Trinajstić information content (AvgIpc) is 2.55. The molecule has 1 N–H and O–H groups in total. The maximum atomic E-state index is 11.0. The highest BCUT2D eigenvalue weighted by atomic mass is 32.1. The average molecular weight is 205 g/mol. The molecule has 0 aromatic rings. The molecule has 0 radical (unpaired) electrons. The highest BCUT2D eigenvalue weighted by Gasteiger charge is 2.29. The van der Waals surface area contributed by atoms with Gasteiger partial charge in [0.05, 0.1) is 6.04 Å². The van der Waals surface area contributed by atoms with Crippen LogP contribution in [0.3, 0.4) is 0 Å². The van der Waals surface area contributed by atoms with E-state index in [4.69, 9.17) is 4.55 Å². The van der Waals surface area contributed by atoms with Crippen LogP contribution >= 0.6 is 12.9 Å². The van der Waals surface area contributed by atoms with Crippen LogP contribution in [0.2, 0.25) is 0 Å². The molecule has 1 amide bonds. The third-order valence-electron chi connectivity index (χ3n) is 2.13. The van der Waals surface area contributed by atoms with Crippen molar-refractivity contribution in [2.75, 3.05) is 6.54 Å². The molecule has 1 rings (SSSR count). The molecule has 0 spiro atoms. The number of thiol groups is 1. The van der Waals surface area contributed by atoms with Crippen molar-refractivity contribution >= 4 is 24.6 Å². The van der Waals surface area contributed by atoms with Gasteiger partial charge in [-0.1, -0.05) is 0 Å². The molecule has 1 aliphatic heterocycles. The minimum atomic E-state index is -0.132. The largest absolute Gasteiger partial charge is 0.333 e. The van der Waals surface area contributed by atoms with Gasteiger partial charge in [-0.3, -0.25) is 9.59 Å². The van der Waals surface area contributed by atoms with Gasteiger partial charge >= 0.3 is 0 Å². The van der Waals surface area contributed by atoms with Crippen molar-refractivity contribution in [2.24, 2.45) is 0 Å². The fourth-order valence-corrected chi connectivity index (χ4v) is 1.57. The van der Waals surface area contributed by atoms with Gasteiger partial charge in [0, 0.05) is 13.5 Å². The van der Waals surface area contributed by atoms with Gasteiger partial charge in [0.15, 0.2) is 5.78 Å². The number of ketones is 1. The van der Waals surface area contributed by atoms with E-state index in [0.717, 1.165) is 19.4 Å². The molecule has 76 valence electrons. The summed E-state index contributed by atoms with van der Waals surface area (Å²) in [6.45, 7) is 3.81. The first kappa shape index (κ1) is 12.4. The van der Waals surface area contributed by atoms with Crippen molar-refractivity contribution in [3.05, 3.63) is 0 Å². The van der Waals surface area contributed by atoms with E-state index in [9.17, 15) is 9.59 Å². The normalized spacial score (nSPS) is 20.6. The van der Waals surface area contributed by atoms with Crippen molar-refractivity contribution in [3.8, 4) is 0 Å². The van der Waals surface area contributed by atoms with E-state index < -0.39 is 0 Å². The Hall–Kier alpha value is -0.550. The summed E-state index contributed by atoms with van der Waals surface area (Å²) in [7, 11) is 0. The summed E-state index contributed by atoms with van der Waals surface area (Å²) in [5.74, 6) is 0.125.